The molecule has 0 spiro atoms. The topological polar surface area (TPSA) is 64.5 Å². The van der Waals surface area contributed by atoms with Crippen LogP contribution in [0.2, 0.25) is 0 Å². The smallest absolute Gasteiger partial charge is 0.164 e. The number of thiophene rings is 3. The maximum atomic E-state index is 5.01. The van der Waals surface area contributed by atoms with Gasteiger partial charge in [-0.25, -0.2) is 24.9 Å². The third kappa shape index (κ3) is 6.73. The van der Waals surface area contributed by atoms with Gasteiger partial charge in [-0.1, -0.05) is 140 Å². The van der Waals surface area contributed by atoms with E-state index in [2.05, 4.69) is 102 Å². The van der Waals surface area contributed by atoms with Gasteiger partial charge in [-0.15, -0.1) is 34.0 Å². The Bertz CT molecular complexity index is 3130. The summed E-state index contributed by atoms with van der Waals surface area (Å²) in [5.41, 5.74) is 12.9. The fraction of sp³-hybridized carbons (Fsp3) is 0. The van der Waals surface area contributed by atoms with Gasteiger partial charge in [0, 0.05) is 72.9 Å². The van der Waals surface area contributed by atoms with E-state index in [-0.39, 0.29) is 0 Å². The minimum absolute atomic E-state index is 0.639. The molecule has 5 aromatic heterocycles. The molecule has 5 heterocycles. The number of benzene rings is 6. The lowest BCUT2D eigenvalue weighted by atomic mass is 9.96. The Morgan fingerprint density at radius 3 is 1.20 bits per heavy atom. The van der Waals surface area contributed by atoms with Gasteiger partial charge in [0.1, 0.15) is 0 Å². The Kier molecular flexibility index (Phi) is 9.00. The molecular formula is C51H31N5S3. The molecule has 0 aliphatic carbocycles. The quantitative estimate of drug-likeness (QED) is 0.153. The van der Waals surface area contributed by atoms with Gasteiger partial charge in [0.2, 0.25) is 0 Å². The number of hydrogen-bond acceptors (Lipinski definition) is 8. The van der Waals surface area contributed by atoms with Gasteiger partial charge in [0.15, 0.2) is 23.3 Å². The first-order valence-corrected chi connectivity index (χ1v) is 21.8. The molecule has 0 aliphatic heterocycles. The van der Waals surface area contributed by atoms with E-state index in [0.717, 1.165) is 61.2 Å². The Balaban J connectivity index is 0.976. The van der Waals surface area contributed by atoms with E-state index in [4.69, 9.17) is 24.9 Å². The number of hydrogen-bond donors (Lipinski definition) is 0. The molecule has 8 heteroatoms. The maximum Gasteiger partial charge on any atom is 0.164 e. The van der Waals surface area contributed by atoms with Gasteiger partial charge in [-0.2, -0.15) is 0 Å². The van der Waals surface area contributed by atoms with Gasteiger partial charge in [-0.05, 0) is 52.1 Å². The number of fused-ring (bicyclic) bond motifs is 3. The standard InChI is InChI=1S/C51H31N5S3/c1-5-14-32(15-6-1)38-25-39(33-16-7-2-8-17-33)27-40(26-38)46-52-28-41(29-53-46)43-31-58-51-45(43)44-42(30-57-50(44)59-51)36-22-13-23-37(24-36)49-55-47(34-18-9-3-10-19-34)54-48(56-49)35-20-11-4-12-21-35/h1-31H. The summed E-state index contributed by atoms with van der Waals surface area (Å²) in [4.78, 5) is 24.9. The predicted molar refractivity (Wildman–Crippen MR) is 248 cm³/mol. The second kappa shape index (κ2) is 15.1. The molecule has 0 saturated carbocycles. The molecular weight excluding hydrogens is 779 g/mol. The summed E-state index contributed by atoms with van der Waals surface area (Å²) in [5.74, 6) is 2.63. The molecule has 0 saturated heterocycles. The molecule has 0 fully saturated rings. The molecule has 0 unspecified atom stereocenters. The maximum absolute atomic E-state index is 5.01. The number of aromatic nitrogens is 5. The average molecular weight is 810 g/mol. The molecule has 59 heavy (non-hydrogen) atoms. The van der Waals surface area contributed by atoms with Crippen LogP contribution in [0, 0.1) is 0 Å². The van der Waals surface area contributed by atoms with Crippen LogP contribution in [0.3, 0.4) is 0 Å². The molecule has 0 N–H and O–H groups in total. The van der Waals surface area contributed by atoms with Crippen molar-refractivity contribution in [3.8, 4) is 90.1 Å². The van der Waals surface area contributed by atoms with E-state index >= 15 is 0 Å². The van der Waals surface area contributed by atoms with Crippen LogP contribution in [-0.2, 0) is 0 Å². The van der Waals surface area contributed by atoms with Crippen molar-refractivity contribution in [3.05, 3.63) is 187 Å². The van der Waals surface area contributed by atoms with E-state index in [1.165, 1.54) is 24.4 Å². The monoisotopic (exact) mass is 809 g/mol. The van der Waals surface area contributed by atoms with E-state index in [1.807, 2.05) is 96.5 Å². The van der Waals surface area contributed by atoms with Crippen molar-refractivity contribution in [1.82, 2.24) is 24.9 Å². The van der Waals surface area contributed by atoms with Crippen molar-refractivity contribution in [2.24, 2.45) is 0 Å². The number of nitrogens with zero attached hydrogens (tertiary/aromatic N) is 5. The first-order valence-electron chi connectivity index (χ1n) is 19.2. The van der Waals surface area contributed by atoms with Crippen LogP contribution in [-0.4, -0.2) is 24.9 Å². The Morgan fingerprint density at radius 1 is 0.305 bits per heavy atom. The summed E-state index contributed by atoms with van der Waals surface area (Å²) in [6, 6.07) is 56.4. The van der Waals surface area contributed by atoms with Gasteiger partial charge < -0.3 is 0 Å². The number of rotatable bonds is 8. The SMILES string of the molecule is c1ccc(-c2cc(-c3ccccc3)cc(-c3ncc(-c4csc5sc6scc(-c7cccc(-c8nc(-c9ccccc9)nc(-c9ccccc9)n8)c7)c6c45)cn3)c2)cc1. The summed E-state index contributed by atoms with van der Waals surface area (Å²) in [6.45, 7) is 0. The summed E-state index contributed by atoms with van der Waals surface area (Å²) in [5, 5.41) is 7.05. The minimum Gasteiger partial charge on any atom is -0.236 e. The molecule has 0 bridgehead atoms. The second-order valence-electron chi connectivity index (χ2n) is 14.2. The molecule has 0 atom stereocenters. The van der Waals surface area contributed by atoms with E-state index in [9.17, 15) is 0 Å². The third-order valence-electron chi connectivity index (χ3n) is 10.4. The van der Waals surface area contributed by atoms with Crippen molar-refractivity contribution in [3.63, 3.8) is 0 Å². The summed E-state index contributed by atoms with van der Waals surface area (Å²) in [7, 11) is 0. The zero-order valence-corrected chi connectivity index (χ0v) is 33.8. The highest BCUT2D eigenvalue weighted by Crippen LogP contribution is 2.50. The summed E-state index contributed by atoms with van der Waals surface area (Å²) >= 11 is 5.43. The first-order chi connectivity index (χ1) is 29.2. The Hall–Kier alpha value is -6.97. The first kappa shape index (κ1) is 35.2. The lowest BCUT2D eigenvalue weighted by Crippen LogP contribution is -2.00. The third-order valence-corrected chi connectivity index (χ3v) is 13.8. The second-order valence-corrected chi connectivity index (χ2v) is 17.5. The van der Waals surface area contributed by atoms with E-state index in [1.54, 1.807) is 22.7 Å². The molecule has 0 amide bonds. The van der Waals surface area contributed by atoms with Crippen LogP contribution in [0.4, 0.5) is 0 Å². The van der Waals surface area contributed by atoms with Crippen LogP contribution in [0.25, 0.3) is 109 Å². The molecule has 11 aromatic rings. The van der Waals surface area contributed by atoms with Crippen LogP contribution in [0.15, 0.2) is 187 Å². The lowest BCUT2D eigenvalue weighted by Gasteiger charge is -2.11. The van der Waals surface area contributed by atoms with Crippen molar-refractivity contribution >= 4 is 52.8 Å². The highest BCUT2D eigenvalue weighted by Gasteiger charge is 2.21. The molecule has 5 nitrogen and oxygen atoms in total. The van der Waals surface area contributed by atoms with Crippen LogP contribution in [0.5, 0.6) is 0 Å². The largest absolute Gasteiger partial charge is 0.236 e. The fourth-order valence-corrected chi connectivity index (χ4v) is 11.3. The molecule has 0 radical (unpaired) electrons. The molecule has 278 valence electrons. The van der Waals surface area contributed by atoms with Gasteiger partial charge in [-0.3, -0.25) is 0 Å². The van der Waals surface area contributed by atoms with Crippen molar-refractivity contribution < 1.29 is 0 Å². The van der Waals surface area contributed by atoms with Crippen molar-refractivity contribution in [1.29, 1.82) is 0 Å². The van der Waals surface area contributed by atoms with E-state index in [0.29, 0.717) is 23.3 Å². The van der Waals surface area contributed by atoms with Gasteiger partial charge >= 0.3 is 0 Å². The lowest BCUT2D eigenvalue weighted by molar-refractivity contribution is 1.07. The van der Waals surface area contributed by atoms with Crippen LogP contribution in [0.1, 0.15) is 0 Å². The Labute approximate surface area is 352 Å². The highest BCUT2D eigenvalue weighted by molar-refractivity contribution is 7.48. The van der Waals surface area contributed by atoms with Crippen molar-refractivity contribution in [2.45, 2.75) is 0 Å². The summed E-state index contributed by atoms with van der Waals surface area (Å²) in [6.07, 6.45) is 3.96. The molecule has 6 aromatic carbocycles. The minimum atomic E-state index is 0.639. The summed E-state index contributed by atoms with van der Waals surface area (Å²) < 4.78 is 2.60. The van der Waals surface area contributed by atoms with Crippen LogP contribution >= 0.6 is 34.0 Å². The predicted octanol–water partition coefficient (Wildman–Crippen LogP) is 14.5. The zero-order valence-electron chi connectivity index (χ0n) is 31.4. The fourth-order valence-electron chi connectivity index (χ4n) is 7.54. The Morgan fingerprint density at radius 2 is 0.695 bits per heavy atom. The van der Waals surface area contributed by atoms with Gasteiger partial charge in [0.05, 0.1) is 8.03 Å². The average Bonchev–Trinajstić information content (AvgIpc) is 4.03. The molecule has 0 aliphatic rings. The molecule has 11 rings (SSSR count). The van der Waals surface area contributed by atoms with Crippen LogP contribution < -0.4 is 0 Å². The highest BCUT2D eigenvalue weighted by atomic mass is 32.2. The van der Waals surface area contributed by atoms with Crippen molar-refractivity contribution in [2.75, 3.05) is 0 Å². The van der Waals surface area contributed by atoms with E-state index < -0.39 is 0 Å². The zero-order chi connectivity index (χ0) is 39.1. The van der Waals surface area contributed by atoms with Gasteiger partial charge in [0.25, 0.3) is 0 Å². The normalized spacial score (nSPS) is 11.4.